The summed E-state index contributed by atoms with van der Waals surface area (Å²) in [6.07, 6.45) is 11.9. The number of unbranched alkanes of at least 4 members (excludes halogenated alkanes) is 8. The van der Waals surface area contributed by atoms with Gasteiger partial charge in [-0.3, -0.25) is 4.79 Å². The molecule has 0 radical (unpaired) electrons. The number of carbonyl (C=O) groups excluding carboxylic acids is 1. The van der Waals surface area contributed by atoms with E-state index in [-0.39, 0.29) is 12.4 Å². The minimum atomic E-state index is -0.792. The molecule has 106 valence electrons. The maximum absolute atomic E-state index is 11.7. The van der Waals surface area contributed by atoms with Gasteiger partial charge in [0.25, 0.3) is 0 Å². The van der Waals surface area contributed by atoms with E-state index in [1.54, 1.807) is 0 Å². The fraction of sp³-hybridized carbons (Fsp3) is 0.933. The molecule has 0 unspecified atom stereocenters. The van der Waals surface area contributed by atoms with Crippen LogP contribution in [0.4, 0.5) is 0 Å². The third-order valence-electron chi connectivity index (χ3n) is 3.76. The summed E-state index contributed by atoms with van der Waals surface area (Å²) >= 11 is 0. The van der Waals surface area contributed by atoms with E-state index in [0.29, 0.717) is 13.0 Å². The highest BCUT2D eigenvalue weighted by atomic mass is 16.6. The Morgan fingerprint density at radius 3 is 2.00 bits per heavy atom. The number of Topliss-reactive ketones (excluding diaryl/α,β-unsaturated/α-hetero) is 1. The zero-order chi connectivity index (χ0) is 13.3. The van der Waals surface area contributed by atoms with E-state index in [0.717, 1.165) is 12.8 Å². The van der Waals surface area contributed by atoms with Crippen molar-refractivity contribution >= 4 is 5.78 Å². The van der Waals surface area contributed by atoms with Gasteiger partial charge in [0, 0.05) is 6.42 Å². The molecule has 1 fully saturated rings. The minimum absolute atomic E-state index is 0.0907. The number of hydrogen-bond acceptors (Lipinski definition) is 3. The molecule has 1 saturated heterocycles. The van der Waals surface area contributed by atoms with E-state index in [9.17, 15) is 4.79 Å². The zero-order valence-corrected chi connectivity index (χ0v) is 11.7. The van der Waals surface area contributed by atoms with Crippen LogP contribution in [0.1, 0.15) is 71.1 Å². The zero-order valence-electron chi connectivity index (χ0n) is 11.7. The van der Waals surface area contributed by atoms with E-state index >= 15 is 0 Å². The summed E-state index contributed by atoms with van der Waals surface area (Å²) in [4.78, 5) is 11.7. The third-order valence-corrected chi connectivity index (χ3v) is 3.76. The second kappa shape index (κ2) is 8.65. The second-order valence-corrected chi connectivity index (χ2v) is 5.44. The fourth-order valence-electron chi connectivity index (χ4n) is 2.25. The standard InChI is InChI=1S/C15H28O3/c1-2-3-4-5-6-7-8-9-10-11-14(17)15(12-16)13-18-15/h16H,2-13H2,1H3/t15-/m1/s1. The maximum Gasteiger partial charge on any atom is 0.172 e. The van der Waals surface area contributed by atoms with Gasteiger partial charge in [0.2, 0.25) is 0 Å². The second-order valence-electron chi connectivity index (χ2n) is 5.44. The average molecular weight is 256 g/mol. The maximum atomic E-state index is 11.7. The first-order valence-electron chi connectivity index (χ1n) is 7.53. The molecule has 18 heavy (non-hydrogen) atoms. The first kappa shape index (κ1) is 15.6. The van der Waals surface area contributed by atoms with Crippen LogP contribution >= 0.6 is 0 Å². The van der Waals surface area contributed by atoms with Crippen molar-refractivity contribution in [2.45, 2.75) is 76.7 Å². The molecular formula is C15H28O3. The van der Waals surface area contributed by atoms with Gasteiger partial charge in [0.1, 0.15) is 0 Å². The fourth-order valence-corrected chi connectivity index (χ4v) is 2.25. The van der Waals surface area contributed by atoms with Crippen LogP contribution in [0.15, 0.2) is 0 Å². The molecule has 1 rings (SSSR count). The number of ketones is 1. The highest BCUT2D eigenvalue weighted by molar-refractivity contribution is 5.89. The monoisotopic (exact) mass is 256 g/mol. The summed E-state index contributed by atoms with van der Waals surface area (Å²) in [5, 5.41) is 9.02. The number of carbonyl (C=O) groups is 1. The van der Waals surface area contributed by atoms with Crippen molar-refractivity contribution < 1.29 is 14.6 Å². The molecule has 1 aliphatic heterocycles. The average Bonchev–Trinajstić information content (AvgIpc) is 3.17. The van der Waals surface area contributed by atoms with Gasteiger partial charge in [-0.2, -0.15) is 0 Å². The van der Waals surface area contributed by atoms with Crippen LogP contribution in [0, 0.1) is 0 Å². The van der Waals surface area contributed by atoms with E-state index < -0.39 is 5.60 Å². The topological polar surface area (TPSA) is 49.8 Å². The Hall–Kier alpha value is -0.410. The summed E-state index contributed by atoms with van der Waals surface area (Å²) in [7, 11) is 0. The van der Waals surface area contributed by atoms with Gasteiger partial charge in [-0.15, -0.1) is 0 Å². The number of hydrogen-bond donors (Lipinski definition) is 1. The molecule has 1 atom stereocenters. The number of ether oxygens (including phenoxy) is 1. The molecule has 0 bridgehead atoms. The Bertz CT molecular complexity index is 234. The largest absolute Gasteiger partial charge is 0.393 e. The van der Waals surface area contributed by atoms with Crippen molar-refractivity contribution in [3.05, 3.63) is 0 Å². The molecule has 3 nitrogen and oxygen atoms in total. The number of rotatable bonds is 12. The summed E-state index contributed by atoms with van der Waals surface area (Å²) in [5.74, 6) is 0.0907. The Morgan fingerprint density at radius 1 is 1.06 bits per heavy atom. The molecular weight excluding hydrogens is 228 g/mol. The molecule has 0 aromatic heterocycles. The first-order valence-corrected chi connectivity index (χ1v) is 7.53. The van der Waals surface area contributed by atoms with Crippen LogP contribution in [0.2, 0.25) is 0 Å². The number of aliphatic hydroxyl groups excluding tert-OH is 1. The van der Waals surface area contributed by atoms with Crippen LogP contribution in [0.5, 0.6) is 0 Å². The van der Waals surface area contributed by atoms with Crippen LogP contribution in [-0.2, 0) is 9.53 Å². The van der Waals surface area contributed by atoms with Crippen LogP contribution in [0.25, 0.3) is 0 Å². The van der Waals surface area contributed by atoms with Gasteiger partial charge < -0.3 is 9.84 Å². The van der Waals surface area contributed by atoms with Crippen molar-refractivity contribution in [1.29, 1.82) is 0 Å². The predicted octanol–water partition coefficient (Wildman–Crippen LogP) is 3.24. The van der Waals surface area contributed by atoms with Crippen LogP contribution in [0.3, 0.4) is 0 Å². The Kier molecular flexibility index (Phi) is 7.52. The van der Waals surface area contributed by atoms with E-state index in [1.165, 1.54) is 44.9 Å². The lowest BCUT2D eigenvalue weighted by atomic mass is 9.99. The molecule has 1 heterocycles. The lowest BCUT2D eigenvalue weighted by Gasteiger charge is -2.06. The Labute approximate surface area is 111 Å². The first-order chi connectivity index (χ1) is 8.75. The molecule has 0 spiro atoms. The van der Waals surface area contributed by atoms with Crippen LogP contribution < -0.4 is 0 Å². The van der Waals surface area contributed by atoms with Crippen molar-refractivity contribution in [3.8, 4) is 0 Å². The molecule has 1 N–H and O–H groups in total. The normalized spacial score (nSPS) is 22.1. The van der Waals surface area contributed by atoms with Gasteiger partial charge in [-0.25, -0.2) is 0 Å². The molecule has 3 heteroatoms. The lowest BCUT2D eigenvalue weighted by Crippen LogP contribution is -2.28. The SMILES string of the molecule is CCCCCCCCCCCC(=O)[C@@]1(CO)CO1. The Balaban J connectivity index is 1.85. The predicted molar refractivity (Wildman–Crippen MR) is 72.6 cm³/mol. The van der Waals surface area contributed by atoms with Crippen molar-refractivity contribution in [2.75, 3.05) is 13.2 Å². The highest BCUT2D eigenvalue weighted by Crippen LogP contribution is 2.29. The van der Waals surface area contributed by atoms with Gasteiger partial charge >= 0.3 is 0 Å². The molecule has 0 saturated carbocycles. The summed E-state index contributed by atoms with van der Waals surface area (Å²) < 4.78 is 5.04. The van der Waals surface area contributed by atoms with Gasteiger partial charge in [0.05, 0.1) is 13.2 Å². The molecule has 1 aliphatic rings. The quantitative estimate of drug-likeness (QED) is 0.431. The summed E-state index contributed by atoms with van der Waals surface area (Å²) in [6, 6.07) is 0. The van der Waals surface area contributed by atoms with Crippen molar-refractivity contribution in [3.63, 3.8) is 0 Å². The van der Waals surface area contributed by atoms with Crippen molar-refractivity contribution in [2.24, 2.45) is 0 Å². The van der Waals surface area contributed by atoms with Gasteiger partial charge in [-0.1, -0.05) is 58.3 Å². The number of epoxide rings is 1. The van der Waals surface area contributed by atoms with Crippen molar-refractivity contribution in [1.82, 2.24) is 0 Å². The summed E-state index contributed by atoms with van der Waals surface area (Å²) in [5.41, 5.74) is -0.792. The smallest absolute Gasteiger partial charge is 0.172 e. The molecule has 0 amide bonds. The highest BCUT2D eigenvalue weighted by Gasteiger charge is 2.50. The Morgan fingerprint density at radius 2 is 1.56 bits per heavy atom. The van der Waals surface area contributed by atoms with Crippen LogP contribution in [-0.4, -0.2) is 29.7 Å². The minimum Gasteiger partial charge on any atom is -0.393 e. The molecule has 0 aromatic rings. The summed E-state index contributed by atoms with van der Waals surface area (Å²) in [6.45, 7) is 2.50. The third kappa shape index (κ3) is 5.49. The van der Waals surface area contributed by atoms with Gasteiger partial charge in [0.15, 0.2) is 11.4 Å². The molecule has 0 aromatic carbocycles. The van der Waals surface area contributed by atoms with E-state index in [2.05, 4.69) is 6.92 Å². The lowest BCUT2D eigenvalue weighted by molar-refractivity contribution is -0.125. The number of aliphatic hydroxyl groups is 1. The van der Waals surface area contributed by atoms with Gasteiger partial charge in [-0.05, 0) is 6.42 Å². The van der Waals surface area contributed by atoms with E-state index in [1.807, 2.05) is 0 Å². The van der Waals surface area contributed by atoms with E-state index in [4.69, 9.17) is 9.84 Å². The molecule has 0 aliphatic carbocycles.